The van der Waals surface area contributed by atoms with Gasteiger partial charge in [-0.2, -0.15) is 0 Å². The van der Waals surface area contributed by atoms with E-state index >= 15 is 0 Å². The van der Waals surface area contributed by atoms with E-state index < -0.39 is 0 Å². The fourth-order valence-electron chi connectivity index (χ4n) is 3.62. The molecule has 1 N–H and O–H groups in total. The summed E-state index contributed by atoms with van der Waals surface area (Å²) in [5, 5.41) is 3.87. The Morgan fingerprint density at radius 2 is 1.77 bits per heavy atom. The van der Waals surface area contributed by atoms with Crippen molar-refractivity contribution in [1.82, 2.24) is 4.98 Å². The number of ether oxygens (including phenoxy) is 1. The average molecular weight is 411 g/mol. The first kappa shape index (κ1) is 20.6. The Labute approximate surface area is 182 Å². The molecule has 0 aliphatic carbocycles. The van der Waals surface area contributed by atoms with Crippen LogP contribution in [0, 0.1) is 0 Å². The van der Waals surface area contributed by atoms with Gasteiger partial charge in [-0.25, -0.2) is 4.98 Å². The van der Waals surface area contributed by atoms with E-state index in [4.69, 9.17) is 9.72 Å². The van der Waals surface area contributed by atoms with Crippen molar-refractivity contribution in [3.8, 4) is 17.0 Å². The molecular formula is C27H26N2O2. The van der Waals surface area contributed by atoms with E-state index in [1.807, 2.05) is 66.7 Å². The van der Waals surface area contributed by atoms with Gasteiger partial charge in [-0.05, 0) is 54.3 Å². The van der Waals surface area contributed by atoms with Crippen LogP contribution in [0.4, 0.5) is 5.69 Å². The number of carbonyl (C=O) groups excluding carboxylic acids is 1. The van der Waals surface area contributed by atoms with Gasteiger partial charge in [-0.15, -0.1) is 0 Å². The van der Waals surface area contributed by atoms with Crippen LogP contribution >= 0.6 is 0 Å². The Hall–Kier alpha value is -3.66. The van der Waals surface area contributed by atoms with Crippen LogP contribution < -0.4 is 10.1 Å². The molecule has 1 atom stereocenters. The zero-order valence-electron chi connectivity index (χ0n) is 18.1. The van der Waals surface area contributed by atoms with Crippen LogP contribution in [0.3, 0.4) is 0 Å². The molecule has 1 aromatic heterocycles. The van der Waals surface area contributed by atoms with E-state index in [0.717, 1.165) is 40.0 Å². The molecule has 1 heterocycles. The molecule has 0 spiro atoms. The van der Waals surface area contributed by atoms with Crippen molar-refractivity contribution in [2.75, 3.05) is 12.4 Å². The second-order valence-electron chi connectivity index (χ2n) is 7.69. The summed E-state index contributed by atoms with van der Waals surface area (Å²) in [4.78, 5) is 18.0. The zero-order chi connectivity index (χ0) is 21.8. The topological polar surface area (TPSA) is 51.2 Å². The minimum absolute atomic E-state index is 0.154. The van der Waals surface area contributed by atoms with Crippen molar-refractivity contribution >= 4 is 22.5 Å². The lowest BCUT2D eigenvalue weighted by Gasteiger charge is -2.13. The lowest BCUT2D eigenvalue weighted by atomic mass is 9.98. The van der Waals surface area contributed by atoms with Gasteiger partial charge in [0.15, 0.2) is 0 Å². The van der Waals surface area contributed by atoms with Crippen molar-refractivity contribution in [3.63, 3.8) is 0 Å². The van der Waals surface area contributed by atoms with Gasteiger partial charge in [0.25, 0.3) is 5.91 Å². The molecule has 0 aliphatic rings. The summed E-state index contributed by atoms with van der Waals surface area (Å²) in [5.74, 6) is 1.10. The van der Waals surface area contributed by atoms with Crippen molar-refractivity contribution in [1.29, 1.82) is 0 Å². The minimum Gasteiger partial charge on any atom is -0.497 e. The van der Waals surface area contributed by atoms with Crippen molar-refractivity contribution in [2.45, 2.75) is 26.2 Å². The summed E-state index contributed by atoms with van der Waals surface area (Å²) in [6.45, 7) is 4.38. The van der Waals surface area contributed by atoms with Gasteiger partial charge >= 0.3 is 0 Å². The Balaban J connectivity index is 1.71. The van der Waals surface area contributed by atoms with Gasteiger partial charge in [0, 0.05) is 16.6 Å². The van der Waals surface area contributed by atoms with Crippen LogP contribution in [0.2, 0.25) is 0 Å². The normalized spacial score (nSPS) is 11.8. The lowest BCUT2D eigenvalue weighted by Crippen LogP contribution is -2.13. The first-order chi connectivity index (χ1) is 15.1. The van der Waals surface area contributed by atoms with Crippen LogP contribution in [0.5, 0.6) is 5.75 Å². The van der Waals surface area contributed by atoms with Crippen LogP contribution in [0.1, 0.15) is 42.1 Å². The summed E-state index contributed by atoms with van der Waals surface area (Å²) in [6.07, 6.45) is 1.09. The number of fused-ring (bicyclic) bond motifs is 1. The molecule has 4 rings (SSSR count). The number of hydrogen-bond donors (Lipinski definition) is 1. The number of anilines is 1. The molecule has 4 nitrogen and oxygen atoms in total. The van der Waals surface area contributed by atoms with Crippen LogP contribution in [0.25, 0.3) is 22.2 Å². The number of nitrogens with one attached hydrogen (secondary N) is 1. The maximum absolute atomic E-state index is 13.2. The molecule has 0 aliphatic heterocycles. The largest absolute Gasteiger partial charge is 0.497 e. The molecule has 0 bridgehead atoms. The summed E-state index contributed by atoms with van der Waals surface area (Å²) in [7, 11) is 1.64. The molecule has 0 saturated carbocycles. The number of benzene rings is 3. The van der Waals surface area contributed by atoms with Gasteiger partial charge in [-0.1, -0.05) is 56.3 Å². The molecule has 4 aromatic rings. The van der Waals surface area contributed by atoms with E-state index in [-0.39, 0.29) is 5.91 Å². The Morgan fingerprint density at radius 1 is 1.00 bits per heavy atom. The highest BCUT2D eigenvalue weighted by molar-refractivity contribution is 6.13. The van der Waals surface area contributed by atoms with Crippen LogP contribution in [-0.4, -0.2) is 18.0 Å². The molecule has 1 amide bonds. The number of hydrogen-bond acceptors (Lipinski definition) is 3. The maximum Gasteiger partial charge on any atom is 0.256 e. The third kappa shape index (κ3) is 4.43. The number of methoxy groups -OCH3 is 1. The fourth-order valence-corrected chi connectivity index (χ4v) is 3.62. The van der Waals surface area contributed by atoms with Crippen LogP contribution in [-0.2, 0) is 0 Å². The summed E-state index contributed by atoms with van der Waals surface area (Å²) in [5.41, 5.74) is 5.05. The predicted octanol–water partition coefficient (Wildman–Crippen LogP) is 6.68. The van der Waals surface area contributed by atoms with Gasteiger partial charge in [0.05, 0.1) is 23.9 Å². The van der Waals surface area contributed by atoms with Crippen LogP contribution in [0.15, 0.2) is 78.9 Å². The highest BCUT2D eigenvalue weighted by Crippen LogP contribution is 2.28. The van der Waals surface area contributed by atoms with Gasteiger partial charge in [0.2, 0.25) is 0 Å². The van der Waals surface area contributed by atoms with E-state index in [0.29, 0.717) is 11.5 Å². The van der Waals surface area contributed by atoms with Crippen molar-refractivity contribution in [3.05, 3.63) is 90.0 Å². The number of nitrogens with zero attached hydrogens (tertiary/aromatic N) is 1. The highest BCUT2D eigenvalue weighted by Gasteiger charge is 2.15. The third-order valence-electron chi connectivity index (χ3n) is 5.68. The lowest BCUT2D eigenvalue weighted by molar-refractivity contribution is 0.102. The monoisotopic (exact) mass is 410 g/mol. The Kier molecular flexibility index (Phi) is 5.99. The number of carbonyl (C=O) groups is 1. The standard InChI is InChI=1S/C27H26N2O2/c1-4-18(2)19-12-14-21(15-13-19)28-27(30)24-17-26(20-8-7-9-22(16-20)31-3)29-25-11-6-5-10-23(24)25/h5-18H,4H2,1-3H3,(H,28,30). The summed E-state index contributed by atoms with van der Waals surface area (Å²) >= 11 is 0. The fraction of sp³-hybridized carbons (Fsp3) is 0.185. The number of amides is 1. The minimum atomic E-state index is -0.154. The number of pyridine rings is 1. The first-order valence-corrected chi connectivity index (χ1v) is 10.5. The van der Waals surface area contributed by atoms with E-state index in [9.17, 15) is 4.79 Å². The van der Waals surface area contributed by atoms with E-state index in [2.05, 4.69) is 31.3 Å². The van der Waals surface area contributed by atoms with E-state index in [1.54, 1.807) is 7.11 Å². The average Bonchev–Trinajstić information content (AvgIpc) is 2.83. The molecule has 156 valence electrons. The molecule has 3 aromatic carbocycles. The predicted molar refractivity (Wildman–Crippen MR) is 127 cm³/mol. The Morgan fingerprint density at radius 3 is 2.52 bits per heavy atom. The van der Waals surface area contributed by atoms with Crippen molar-refractivity contribution < 1.29 is 9.53 Å². The number of aromatic nitrogens is 1. The maximum atomic E-state index is 13.2. The van der Waals surface area contributed by atoms with E-state index in [1.165, 1.54) is 5.56 Å². The smallest absolute Gasteiger partial charge is 0.256 e. The SMILES string of the molecule is CCC(C)c1ccc(NC(=O)c2cc(-c3cccc(OC)c3)nc3ccccc23)cc1. The number of rotatable bonds is 6. The van der Waals surface area contributed by atoms with Gasteiger partial charge in [-0.3, -0.25) is 4.79 Å². The summed E-state index contributed by atoms with van der Waals surface area (Å²) in [6, 6.07) is 25.3. The molecule has 1 unspecified atom stereocenters. The molecule has 4 heteroatoms. The Bertz CT molecular complexity index is 1220. The van der Waals surface area contributed by atoms with Crippen molar-refractivity contribution in [2.24, 2.45) is 0 Å². The quantitative estimate of drug-likeness (QED) is 0.386. The van der Waals surface area contributed by atoms with Gasteiger partial charge in [0.1, 0.15) is 5.75 Å². The van der Waals surface area contributed by atoms with Gasteiger partial charge < -0.3 is 10.1 Å². The highest BCUT2D eigenvalue weighted by atomic mass is 16.5. The molecule has 0 radical (unpaired) electrons. The molecule has 31 heavy (non-hydrogen) atoms. The summed E-state index contributed by atoms with van der Waals surface area (Å²) < 4.78 is 5.35. The zero-order valence-corrected chi connectivity index (χ0v) is 18.1. The molecule has 0 saturated heterocycles. The third-order valence-corrected chi connectivity index (χ3v) is 5.68. The first-order valence-electron chi connectivity index (χ1n) is 10.5. The number of para-hydroxylation sites is 1. The second kappa shape index (κ2) is 9.00. The second-order valence-corrected chi connectivity index (χ2v) is 7.69. The molecular weight excluding hydrogens is 384 g/mol. The molecule has 0 fully saturated rings.